The lowest BCUT2D eigenvalue weighted by Gasteiger charge is -2.20. The first-order chi connectivity index (χ1) is 8.01. The van der Waals surface area contributed by atoms with E-state index >= 15 is 0 Å². The molecule has 1 rings (SSSR count). The second-order valence-corrected chi connectivity index (χ2v) is 4.57. The predicted octanol–water partition coefficient (Wildman–Crippen LogP) is 3.21. The van der Waals surface area contributed by atoms with Crippen LogP contribution in [0.5, 0.6) is 0 Å². The zero-order valence-electron chi connectivity index (χ0n) is 10.6. The molecule has 4 heteroatoms. The zero-order valence-corrected chi connectivity index (χ0v) is 10.6. The molecular formula is C13H20F2N2. The van der Waals surface area contributed by atoms with Crippen molar-refractivity contribution in [2.45, 2.75) is 39.7 Å². The van der Waals surface area contributed by atoms with Gasteiger partial charge >= 0.3 is 0 Å². The van der Waals surface area contributed by atoms with Gasteiger partial charge in [0.05, 0.1) is 0 Å². The van der Waals surface area contributed by atoms with E-state index in [-0.39, 0.29) is 6.04 Å². The number of nitrogens with two attached hydrogens (primary N) is 1. The lowest BCUT2D eigenvalue weighted by Crippen LogP contribution is -2.30. The summed E-state index contributed by atoms with van der Waals surface area (Å²) in [4.78, 5) is 0. The number of hydrogen-bond donors (Lipinski definition) is 2. The Morgan fingerprint density at radius 3 is 2.47 bits per heavy atom. The molecular weight excluding hydrogens is 222 g/mol. The summed E-state index contributed by atoms with van der Waals surface area (Å²) in [5, 5.41) is 0. The third kappa shape index (κ3) is 3.23. The number of aryl methyl sites for hydroxylation is 1. The summed E-state index contributed by atoms with van der Waals surface area (Å²) in [6, 6.07) is 2.83. The van der Waals surface area contributed by atoms with Crippen LogP contribution in [0.2, 0.25) is 0 Å². The van der Waals surface area contributed by atoms with Crippen molar-refractivity contribution >= 4 is 0 Å². The molecule has 0 heterocycles. The van der Waals surface area contributed by atoms with Crippen LogP contribution in [0.1, 0.15) is 43.9 Å². The lowest BCUT2D eigenvalue weighted by atomic mass is 9.93. The Hall–Kier alpha value is -1.00. The minimum absolute atomic E-state index is 0.302. The highest BCUT2D eigenvalue weighted by molar-refractivity contribution is 5.27. The molecule has 0 saturated carbocycles. The molecule has 2 unspecified atom stereocenters. The highest BCUT2D eigenvalue weighted by Gasteiger charge is 2.20. The number of nitrogens with one attached hydrogen (secondary N) is 1. The molecule has 0 fully saturated rings. The van der Waals surface area contributed by atoms with Gasteiger partial charge in [0.25, 0.3) is 0 Å². The molecule has 2 atom stereocenters. The number of benzene rings is 1. The molecule has 1 aromatic carbocycles. The van der Waals surface area contributed by atoms with Gasteiger partial charge in [-0.15, -0.1) is 0 Å². The largest absolute Gasteiger partial charge is 0.271 e. The van der Waals surface area contributed by atoms with Gasteiger partial charge in [-0.1, -0.05) is 32.4 Å². The van der Waals surface area contributed by atoms with Gasteiger partial charge in [0.15, 0.2) is 11.6 Å². The molecule has 0 aliphatic rings. The lowest BCUT2D eigenvalue weighted by molar-refractivity contribution is 0.388. The topological polar surface area (TPSA) is 38.0 Å². The van der Waals surface area contributed by atoms with Crippen molar-refractivity contribution in [3.8, 4) is 0 Å². The average molecular weight is 242 g/mol. The summed E-state index contributed by atoms with van der Waals surface area (Å²) < 4.78 is 27.2. The van der Waals surface area contributed by atoms with Crippen LogP contribution in [-0.2, 0) is 0 Å². The third-order valence-electron chi connectivity index (χ3n) is 3.22. The van der Waals surface area contributed by atoms with Gasteiger partial charge in [-0.25, -0.2) is 8.78 Å². The normalized spacial score (nSPS) is 14.7. The van der Waals surface area contributed by atoms with Crippen molar-refractivity contribution in [2.24, 2.45) is 11.8 Å². The first kappa shape index (κ1) is 14.1. The summed E-state index contributed by atoms with van der Waals surface area (Å²) in [6.45, 7) is 5.67. The summed E-state index contributed by atoms with van der Waals surface area (Å²) in [5.74, 6) is 4.25. The van der Waals surface area contributed by atoms with E-state index in [1.54, 1.807) is 19.1 Å². The Balaban J connectivity index is 3.00. The number of hydrogen-bond acceptors (Lipinski definition) is 2. The van der Waals surface area contributed by atoms with Crippen LogP contribution in [0.25, 0.3) is 0 Å². The molecule has 0 aliphatic carbocycles. The smallest absolute Gasteiger partial charge is 0.163 e. The maximum Gasteiger partial charge on any atom is 0.163 e. The maximum absolute atomic E-state index is 13.8. The standard InChI is InChI=1S/C13H20F2N2/c1-4-8(2)7-11(17-16)10-6-5-9(3)12(14)13(10)15/h5-6,8,11,17H,4,7,16H2,1-3H3. The van der Waals surface area contributed by atoms with E-state index in [1.807, 2.05) is 0 Å². The SMILES string of the molecule is CCC(C)CC(NN)c1ccc(C)c(F)c1F. The minimum atomic E-state index is -0.795. The van der Waals surface area contributed by atoms with Gasteiger partial charge in [-0.3, -0.25) is 11.3 Å². The van der Waals surface area contributed by atoms with Crippen LogP contribution < -0.4 is 11.3 Å². The fraction of sp³-hybridized carbons (Fsp3) is 0.538. The van der Waals surface area contributed by atoms with Crippen LogP contribution in [0, 0.1) is 24.5 Å². The van der Waals surface area contributed by atoms with E-state index in [0.717, 1.165) is 6.42 Å². The Bertz CT molecular complexity index is 380. The molecule has 0 radical (unpaired) electrons. The van der Waals surface area contributed by atoms with E-state index in [4.69, 9.17) is 5.84 Å². The third-order valence-corrected chi connectivity index (χ3v) is 3.22. The first-order valence-electron chi connectivity index (χ1n) is 5.91. The van der Waals surface area contributed by atoms with E-state index in [9.17, 15) is 8.78 Å². The van der Waals surface area contributed by atoms with Crippen LogP contribution in [0.4, 0.5) is 8.78 Å². The molecule has 2 nitrogen and oxygen atoms in total. The number of halogens is 2. The quantitative estimate of drug-likeness (QED) is 0.614. The molecule has 0 bridgehead atoms. The van der Waals surface area contributed by atoms with Gasteiger partial charge < -0.3 is 0 Å². The van der Waals surface area contributed by atoms with Crippen LogP contribution in [-0.4, -0.2) is 0 Å². The second kappa shape index (κ2) is 6.07. The van der Waals surface area contributed by atoms with Crippen molar-refractivity contribution in [2.75, 3.05) is 0 Å². The fourth-order valence-electron chi connectivity index (χ4n) is 1.78. The molecule has 3 N–H and O–H groups in total. The van der Waals surface area contributed by atoms with E-state index in [1.165, 1.54) is 0 Å². The molecule has 0 saturated heterocycles. The van der Waals surface area contributed by atoms with E-state index in [0.29, 0.717) is 23.5 Å². The summed E-state index contributed by atoms with van der Waals surface area (Å²) in [7, 11) is 0. The molecule has 0 spiro atoms. The van der Waals surface area contributed by atoms with Crippen molar-refractivity contribution in [3.63, 3.8) is 0 Å². The maximum atomic E-state index is 13.8. The van der Waals surface area contributed by atoms with Crippen LogP contribution >= 0.6 is 0 Å². The van der Waals surface area contributed by atoms with E-state index < -0.39 is 11.6 Å². The Morgan fingerprint density at radius 1 is 1.29 bits per heavy atom. The summed E-state index contributed by atoms with van der Waals surface area (Å²) in [6.07, 6.45) is 1.67. The molecule has 0 amide bonds. The monoisotopic (exact) mass is 242 g/mol. The molecule has 0 aliphatic heterocycles. The highest BCUT2D eigenvalue weighted by atomic mass is 19.2. The Labute approximate surface area is 101 Å². The first-order valence-corrected chi connectivity index (χ1v) is 5.91. The average Bonchev–Trinajstić information content (AvgIpc) is 2.33. The van der Waals surface area contributed by atoms with Gasteiger partial charge in [-0.05, 0) is 24.8 Å². The van der Waals surface area contributed by atoms with Crippen LogP contribution in [0.15, 0.2) is 12.1 Å². The Morgan fingerprint density at radius 2 is 1.94 bits per heavy atom. The van der Waals surface area contributed by atoms with Crippen LogP contribution in [0.3, 0.4) is 0 Å². The van der Waals surface area contributed by atoms with Gasteiger partial charge in [-0.2, -0.15) is 0 Å². The van der Waals surface area contributed by atoms with Crippen molar-refractivity contribution < 1.29 is 8.78 Å². The minimum Gasteiger partial charge on any atom is -0.271 e. The Kier molecular flexibility index (Phi) is 5.02. The summed E-state index contributed by atoms with van der Waals surface area (Å²) >= 11 is 0. The van der Waals surface area contributed by atoms with E-state index in [2.05, 4.69) is 19.3 Å². The molecule has 96 valence electrons. The van der Waals surface area contributed by atoms with Crippen molar-refractivity contribution in [1.82, 2.24) is 5.43 Å². The summed E-state index contributed by atoms with van der Waals surface area (Å²) in [5.41, 5.74) is 3.18. The molecule has 0 aromatic heterocycles. The predicted molar refractivity (Wildman–Crippen MR) is 65.2 cm³/mol. The van der Waals surface area contributed by atoms with Crippen molar-refractivity contribution in [3.05, 3.63) is 34.9 Å². The van der Waals surface area contributed by atoms with Gasteiger partial charge in [0.2, 0.25) is 0 Å². The highest BCUT2D eigenvalue weighted by Crippen LogP contribution is 2.26. The van der Waals surface area contributed by atoms with Crippen molar-refractivity contribution in [1.29, 1.82) is 0 Å². The van der Waals surface area contributed by atoms with Gasteiger partial charge in [0.1, 0.15) is 0 Å². The second-order valence-electron chi connectivity index (χ2n) is 4.57. The number of rotatable bonds is 5. The molecule has 17 heavy (non-hydrogen) atoms. The fourth-order valence-corrected chi connectivity index (χ4v) is 1.78. The number of hydrazine groups is 1. The zero-order chi connectivity index (χ0) is 13.0. The van der Waals surface area contributed by atoms with Gasteiger partial charge in [0, 0.05) is 11.6 Å². The molecule has 1 aromatic rings.